The molecule has 1 aliphatic rings. The fourth-order valence-electron chi connectivity index (χ4n) is 9.07. The number of nitrogens with zero attached hydrogens (tertiary/aromatic N) is 3. The molecule has 0 atom stereocenters. The van der Waals surface area contributed by atoms with Crippen LogP contribution in [0.5, 0.6) is 0 Å². The average molecular weight is 716 g/mol. The first-order valence-corrected chi connectivity index (χ1v) is 19.3. The Morgan fingerprint density at radius 3 is 1.86 bits per heavy atom. The third-order valence-electron chi connectivity index (χ3n) is 11.8. The van der Waals surface area contributed by atoms with Crippen molar-refractivity contribution in [2.24, 2.45) is 0 Å². The van der Waals surface area contributed by atoms with Gasteiger partial charge in [-0.05, 0) is 86.6 Å². The molecule has 0 unspecified atom stereocenters. The molecule has 3 heteroatoms. The van der Waals surface area contributed by atoms with Gasteiger partial charge >= 0.3 is 0 Å². The molecule has 0 radical (unpaired) electrons. The van der Waals surface area contributed by atoms with Gasteiger partial charge in [0.25, 0.3) is 0 Å². The van der Waals surface area contributed by atoms with Gasteiger partial charge in [0.2, 0.25) is 0 Å². The SMILES string of the molecule is CC1(C)c2cc3ccccc3cc2-c2c(-c3cc(-c4ccc(-c5cccc6c5c5ccccc5n6-c5ccccc5)cc4)nc(-c4ccccc4)n3)cccc21. The number of benzene rings is 8. The van der Waals surface area contributed by atoms with Crippen LogP contribution < -0.4 is 0 Å². The first-order chi connectivity index (χ1) is 27.5. The Morgan fingerprint density at radius 2 is 1.05 bits per heavy atom. The summed E-state index contributed by atoms with van der Waals surface area (Å²) in [5.74, 6) is 0.717. The van der Waals surface area contributed by atoms with E-state index in [9.17, 15) is 0 Å². The van der Waals surface area contributed by atoms with E-state index in [-0.39, 0.29) is 5.41 Å². The summed E-state index contributed by atoms with van der Waals surface area (Å²) in [7, 11) is 0. The third kappa shape index (κ3) is 4.98. The van der Waals surface area contributed by atoms with Gasteiger partial charge in [0.05, 0.1) is 22.4 Å². The molecule has 8 aromatic carbocycles. The summed E-state index contributed by atoms with van der Waals surface area (Å²) < 4.78 is 2.37. The highest BCUT2D eigenvalue weighted by Crippen LogP contribution is 2.53. The molecule has 0 aliphatic heterocycles. The van der Waals surface area contributed by atoms with Crippen molar-refractivity contribution in [1.29, 1.82) is 0 Å². The summed E-state index contributed by atoms with van der Waals surface area (Å²) in [6, 6.07) is 67.6. The molecule has 11 rings (SSSR count). The second kappa shape index (κ2) is 12.5. The highest BCUT2D eigenvalue weighted by Gasteiger charge is 2.37. The minimum atomic E-state index is -0.144. The zero-order valence-corrected chi connectivity index (χ0v) is 31.2. The molecule has 0 N–H and O–H groups in total. The Labute approximate surface area is 326 Å². The third-order valence-corrected chi connectivity index (χ3v) is 11.8. The van der Waals surface area contributed by atoms with Crippen LogP contribution in [-0.4, -0.2) is 14.5 Å². The van der Waals surface area contributed by atoms with Crippen LogP contribution in [-0.2, 0) is 5.41 Å². The van der Waals surface area contributed by atoms with Gasteiger partial charge in [-0.15, -0.1) is 0 Å². The lowest BCUT2D eigenvalue weighted by atomic mass is 9.81. The van der Waals surface area contributed by atoms with E-state index in [2.05, 4.69) is 200 Å². The van der Waals surface area contributed by atoms with Crippen LogP contribution in [0, 0.1) is 0 Å². The van der Waals surface area contributed by atoms with Gasteiger partial charge in [0.15, 0.2) is 5.82 Å². The monoisotopic (exact) mass is 715 g/mol. The molecule has 3 nitrogen and oxygen atoms in total. The number of hydrogen-bond acceptors (Lipinski definition) is 2. The number of fused-ring (bicyclic) bond motifs is 7. The molecule has 56 heavy (non-hydrogen) atoms. The molecular formula is C53H37N3. The Morgan fingerprint density at radius 1 is 0.429 bits per heavy atom. The normalized spacial score (nSPS) is 13.0. The predicted octanol–water partition coefficient (Wildman–Crippen LogP) is 13.7. The summed E-state index contributed by atoms with van der Waals surface area (Å²) in [4.78, 5) is 10.5. The van der Waals surface area contributed by atoms with Crippen molar-refractivity contribution in [3.63, 3.8) is 0 Å². The lowest BCUT2D eigenvalue weighted by Gasteiger charge is -2.22. The minimum absolute atomic E-state index is 0.144. The van der Waals surface area contributed by atoms with Crippen molar-refractivity contribution >= 4 is 32.6 Å². The van der Waals surface area contributed by atoms with Crippen LogP contribution in [0.1, 0.15) is 25.0 Å². The summed E-state index contributed by atoms with van der Waals surface area (Å²) in [5, 5.41) is 5.01. The molecule has 0 fully saturated rings. The minimum Gasteiger partial charge on any atom is -0.309 e. The maximum Gasteiger partial charge on any atom is 0.160 e. The Balaban J connectivity index is 1.07. The molecule has 2 aromatic heterocycles. The zero-order valence-electron chi connectivity index (χ0n) is 31.2. The highest BCUT2D eigenvalue weighted by atomic mass is 15.0. The highest BCUT2D eigenvalue weighted by molar-refractivity contribution is 6.15. The van der Waals surface area contributed by atoms with E-state index in [4.69, 9.17) is 9.97 Å². The second-order valence-electron chi connectivity index (χ2n) is 15.4. The van der Waals surface area contributed by atoms with Crippen LogP contribution in [0.15, 0.2) is 188 Å². The van der Waals surface area contributed by atoms with E-state index in [0.717, 1.165) is 33.8 Å². The maximum atomic E-state index is 5.30. The lowest BCUT2D eigenvalue weighted by Crippen LogP contribution is -2.14. The Hall–Kier alpha value is -7.10. The summed E-state index contributed by atoms with van der Waals surface area (Å²) in [5.41, 5.74) is 16.0. The van der Waals surface area contributed by atoms with Crippen LogP contribution >= 0.6 is 0 Å². The molecule has 0 bridgehead atoms. The Kier molecular flexibility index (Phi) is 7.20. The van der Waals surface area contributed by atoms with Crippen molar-refractivity contribution < 1.29 is 0 Å². The standard InChI is InChI=1S/C53H37N3/c1-53(2)44-24-13-23-41(50(44)43-31-37-17-9-10-18-38(37)32-45(43)53)47-33-46(54-52(55-47)36-15-5-3-6-16-36)35-29-27-34(28-30-35)40-22-14-26-49-51(40)42-21-11-12-25-48(42)56(49)39-19-7-4-8-20-39/h3-33H,1-2H3. The quantitative estimate of drug-likeness (QED) is 0.178. The van der Waals surface area contributed by atoms with E-state index >= 15 is 0 Å². The van der Waals surface area contributed by atoms with Crippen molar-refractivity contribution in [2.75, 3.05) is 0 Å². The Bertz CT molecular complexity index is 3140. The average Bonchev–Trinajstić information content (AvgIpc) is 3.71. The fourth-order valence-corrected chi connectivity index (χ4v) is 9.07. The first-order valence-electron chi connectivity index (χ1n) is 19.3. The molecule has 2 heterocycles. The smallest absolute Gasteiger partial charge is 0.160 e. The summed E-state index contributed by atoms with van der Waals surface area (Å²) in [6.45, 7) is 4.69. The maximum absolute atomic E-state index is 5.30. The molecule has 10 aromatic rings. The van der Waals surface area contributed by atoms with Crippen LogP contribution in [0.3, 0.4) is 0 Å². The number of rotatable bonds is 5. The van der Waals surface area contributed by atoms with Gasteiger partial charge in [-0.3, -0.25) is 0 Å². The number of aromatic nitrogens is 3. The zero-order chi connectivity index (χ0) is 37.4. The number of para-hydroxylation sites is 2. The molecule has 1 aliphatic carbocycles. The van der Waals surface area contributed by atoms with Gasteiger partial charge in [-0.1, -0.05) is 159 Å². The molecular weight excluding hydrogens is 679 g/mol. The summed E-state index contributed by atoms with van der Waals surface area (Å²) >= 11 is 0. The van der Waals surface area contributed by atoms with E-state index in [0.29, 0.717) is 5.82 Å². The molecule has 264 valence electrons. The van der Waals surface area contributed by atoms with E-state index in [1.54, 1.807) is 0 Å². The van der Waals surface area contributed by atoms with Gasteiger partial charge in [-0.2, -0.15) is 0 Å². The molecule has 0 saturated heterocycles. The van der Waals surface area contributed by atoms with Gasteiger partial charge in [0, 0.05) is 38.6 Å². The van der Waals surface area contributed by atoms with Gasteiger partial charge < -0.3 is 4.57 Å². The van der Waals surface area contributed by atoms with Crippen LogP contribution in [0.4, 0.5) is 0 Å². The van der Waals surface area contributed by atoms with E-state index in [1.807, 2.05) is 6.07 Å². The van der Waals surface area contributed by atoms with Gasteiger partial charge in [0.1, 0.15) is 0 Å². The van der Waals surface area contributed by atoms with Crippen molar-refractivity contribution in [2.45, 2.75) is 19.3 Å². The topological polar surface area (TPSA) is 30.7 Å². The second-order valence-corrected chi connectivity index (χ2v) is 15.4. The van der Waals surface area contributed by atoms with Crippen molar-refractivity contribution in [3.8, 4) is 61.8 Å². The van der Waals surface area contributed by atoms with Crippen LogP contribution in [0.25, 0.3) is 94.4 Å². The largest absolute Gasteiger partial charge is 0.309 e. The van der Waals surface area contributed by atoms with Crippen LogP contribution in [0.2, 0.25) is 0 Å². The van der Waals surface area contributed by atoms with Crippen molar-refractivity contribution in [3.05, 3.63) is 199 Å². The molecule has 0 saturated carbocycles. The van der Waals surface area contributed by atoms with Crippen molar-refractivity contribution in [1.82, 2.24) is 14.5 Å². The lowest BCUT2D eigenvalue weighted by molar-refractivity contribution is 0.661. The summed E-state index contributed by atoms with van der Waals surface area (Å²) in [6.07, 6.45) is 0. The number of hydrogen-bond donors (Lipinski definition) is 0. The van der Waals surface area contributed by atoms with E-state index < -0.39 is 0 Å². The first kappa shape index (κ1) is 32.3. The molecule has 0 amide bonds. The van der Waals surface area contributed by atoms with E-state index in [1.165, 1.54) is 66.0 Å². The fraction of sp³-hybridized carbons (Fsp3) is 0.0566. The van der Waals surface area contributed by atoms with Gasteiger partial charge in [-0.25, -0.2) is 9.97 Å². The molecule has 0 spiro atoms. The predicted molar refractivity (Wildman–Crippen MR) is 233 cm³/mol.